The maximum atomic E-state index is 12.0. The average molecular weight is 340 g/mol. The minimum Gasteiger partial charge on any atom is -0.467 e. The van der Waals surface area contributed by atoms with E-state index >= 15 is 0 Å². The van der Waals surface area contributed by atoms with Gasteiger partial charge in [0.15, 0.2) is 6.61 Å². The number of carbonyl (C=O) groups excluding carboxylic acids is 2. The SMILES string of the molecule is NC(=O)CCCNC(=O)c1cnc(OCC(F)(F)F)c(Cl)c1. The summed E-state index contributed by atoms with van der Waals surface area (Å²) in [4.78, 5) is 25.8. The van der Waals surface area contributed by atoms with Gasteiger partial charge < -0.3 is 15.8 Å². The quantitative estimate of drug-likeness (QED) is 0.739. The van der Waals surface area contributed by atoms with E-state index in [-0.39, 0.29) is 23.6 Å². The summed E-state index contributed by atoms with van der Waals surface area (Å²) in [6.07, 6.45) is -2.97. The Morgan fingerprint density at radius 2 is 2.09 bits per heavy atom. The maximum Gasteiger partial charge on any atom is 0.422 e. The van der Waals surface area contributed by atoms with Crippen LogP contribution in [0.3, 0.4) is 0 Å². The topological polar surface area (TPSA) is 94.3 Å². The fourth-order valence-corrected chi connectivity index (χ4v) is 1.59. The predicted molar refractivity (Wildman–Crippen MR) is 71.6 cm³/mol. The molecule has 0 saturated carbocycles. The van der Waals surface area contributed by atoms with Crippen LogP contribution in [0.5, 0.6) is 5.88 Å². The zero-order chi connectivity index (χ0) is 16.8. The first-order valence-corrected chi connectivity index (χ1v) is 6.48. The zero-order valence-corrected chi connectivity index (χ0v) is 12.0. The molecule has 0 fully saturated rings. The van der Waals surface area contributed by atoms with Gasteiger partial charge in [0.2, 0.25) is 11.8 Å². The number of aromatic nitrogens is 1. The molecule has 1 aromatic rings. The van der Waals surface area contributed by atoms with Gasteiger partial charge in [0.25, 0.3) is 5.91 Å². The van der Waals surface area contributed by atoms with Crippen molar-refractivity contribution >= 4 is 23.4 Å². The van der Waals surface area contributed by atoms with Gasteiger partial charge in [-0.2, -0.15) is 13.2 Å². The van der Waals surface area contributed by atoms with Crippen LogP contribution < -0.4 is 15.8 Å². The molecule has 0 aliphatic carbocycles. The van der Waals surface area contributed by atoms with Crippen molar-refractivity contribution in [2.75, 3.05) is 13.2 Å². The number of rotatable bonds is 7. The number of pyridine rings is 1. The number of alkyl halides is 3. The standard InChI is InChI=1S/C12H13ClF3N3O3/c13-8-4-7(10(21)18-3-1-2-9(17)20)5-19-11(8)22-6-12(14,15)16/h4-5H,1-3,6H2,(H2,17,20)(H,18,21). The number of nitrogens with one attached hydrogen (secondary N) is 1. The molecule has 0 spiro atoms. The van der Waals surface area contributed by atoms with E-state index in [1.165, 1.54) is 0 Å². The second-order valence-corrected chi connectivity index (χ2v) is 4.65. The largest absolute Gasteiger partial charge is 0.467 e. The van der Waals surface area contributed by atoms with Gasteiger partial charge in [-0.25, -0.2) is 4.98 Å². The summed E-state index contributed by atoms with van der Waals surface area (Å²) in [5.41, 5.74) is 5.00. The first-order chi connectivity index (χ1) is 10.2. The minimum atomic E-state index is -4.51. The maximum absolute atomic E-state index is 12.0. The van der Waals surface area contributed by atoms with Gasteiger partial charge in [-0.05, 0) is 12.5 Å². The number of halogens is 4. The Balaban J connectivity index is 2.56. The predicted octanol–water partition coefficient (Wildman–Crippen LogP) is 1.67. The molecule has 0 saturated heterocycles. The average Bonchev–Trinajstić information content (AvgIpc) is 2.40. The summed E-state index contributed by atoms with van der Waals surface area (Å²) in [5.74, 6) is -1.42. The van der Waals surface area contributed by atoms with Crippen LogP contribution in [-0.2, 0) is 4.79 Å². The van der Waals surface area contributed by atoms with Crippen LogP contribution in [0.15, 0.2) is 12.3 Å². The van der Waals surface area contributed by atoms with E-state index in [4.69, 9.17) is 17.3 Å². The second kappa shape index (κ2) is 7.83. The molecule has 2 amide bonds. The Morgan fingerprint density at radius 1 is 1.41 bits per heavy atom. The van der Waals surface area contributed by atoms with Gasteiger partial charge >= 0.3 is 6.18 Å². The van der Waals surface area contributed by atoms with Gasteiger partial charge in [0.05, 0.1) is 5.56 Å². The molecule has 0 radical (unpaired) electrons. The lowest BCUT2D eigenvalue weighted by Gasteiger charge is -2.10. The molecule has 1 rings (SSSR count). The third-order valence-corrected chi connectivity index (χ3v) is 2.60. The molecule has 0 aliphatic heterocycles. The van der Waals surface area contributed by atoms with E-state index in [1.807, 2.05) is 0 Å². The van der Waals surface area contributed by atoms with E-state index in [0.717, 1.165) is 12.3 Å². The van der Waals surface area contributed by atoms with Gasteiger partial charge in [-0.3, -0.25) is 9.59 Å². The molecular formula is C12H13ClF3N3O3. The van der Waals surface area contributed by atoms with E-state index in [0.29, 0.717) is 6.42 Å². The number of primary amides is 1. The lowest BCUT2D eigenvalue weighted by Crippen LogP contribution is -2.26. The van der Waals surface area contributed by atoms with Crippen molar-refractivity contribution in [1.82, 2.24) is 10.3 Å². The molecule has 0 unspecified atom stereocenters. The first kappa shape index (κ1) is 18.0. The van der Waals surface area contributed by atoms with Crippen molar-refractivity contribution in [2.45, 2.75) is 19.0 Å². The Kier molecular flexibility index (Phi) is 6.41. The van der Waals surface area contributed by atoms with Crippen LogP contribution in [0.2, 0.25) is 5.02 Å². The molecule has 22 heavy (non-hydrogen) atoms. The number of carbonyl (C=O) groups is 2. The third kappa shape index (κ3) is 6.61. The van der Waals surface area contributed by atoms with Gasteiger partial charge in [-0.1, -0.05) is 11.6 Å². The molecule has 0 aliphatic rings. The van der Waals surface area contributed by atoms with E-state index < -0.39 is 30.5 Å². The highest BCUT2D eigenvalue weighted by Gasteiger charge is 2.29. The molecule has 0 atom stereocenters. The summed E-state index contributed by atoms with van der Waals surface area (Å²) in [5, 5.41) is 2.28. The summed E-state index contributed by atoms with van der Waals surface area (Å²) < 4.78 is 40.5. The zero-order valence-electron chi connectivity index (χ0n) is 11.2. The smallest absolute Gasteiger partial charge is 0.422 e. The fourth-order valence-electron chi connectivity index (χ4n) is 1.37. The van der Waals surface area contributed by atoms with Crippen molar-refractivity contribution in [3.8, 4) is 5.88 Å². The molecule has 1 heterocycles. The minimum absolute atomic E-state index is 0.0587. The van der Waals surface area contributed by atoms with Crippen LogP contribution in [0.25, 0.3) is 0 Å². The third-order valence-electron chi connectivity index (χ3n) is 2.33. The Hall–Kier alpha value is -2.03. The number of nitrogens with zero attached hydrogens (tertiary/aromatic N) is 1. The lowest BCUT2D eigenvalue weighted by molar-refractivity contribution is -0.154. The monoisotopic (exact) mass is 339 g/mol. The van der Waals surface area contributed by atoms with Crippen molar-refractivity contribution in [3.05, 3.63) is 22.8 Å². The van der Waals surface area contributed by atoms with Crippen LogP contribution in [0.1, 0.15) is 23.2 Å². The molecule has 10 heteroatoms. The number of hydrogen-bond donors (Lipinski definition) is 2. The van der Waals surface area contributed by atoms with Gasteiger partial charge in [-0.15, -0.1) is 0 Å². The first-order valence-electron chi connectivity index (χ1n) is 6.10. The molecule has 6 nitrogen and oxygen atoms in total. The van der Waals surface area contributed by atoms with Crippen molar-refractivity contribution in [1.29, 1.82) is 0 Å². The summed E-state index contributed by atoms with van der Waals surface area (Å²) in [6.45, 7) is -1.32. The van der Waals surface area contributed by atoms with E-state index in [1.54, 1.807) is 0 Å². The Labute approximate surface area is 128 Å². The molecule has 122 valence electrons. The van der Waals surface area contributed by atoms with Gasteiger partial charge in [0.1, 0.15) is 5.02 Å². The number of hydrogen-bond acceptors (Lipinski definition) is 4. The Morgan fingerprint density at radius 3 is 2.64 bits per heavy atom. The molecule has 3 N–H and O–H groups in total. The van der Waals surface area contributed by atoms with Crippen LogP contribution >= 0.6 is 11.6 Å². The number of amides is 2. The summed E-state index contributed by atoms with van der Waals surface area (Å²) in [7, 11) is 0. The molecular weight excluding hydrogens is 327 g/mol. The summed E-state index contributed by atoms with van der Waals surface area (Å²) in [6, 6.07) is 1.14. The molecule has 1 aromatic heterocycles. The highest BCUT2D eigenvalue weighted by atomic mass is 35.5. The molecule has 0 bridgehead atoms. The van der Waals surface area contributed by atoms with E-state index in [9.17, 15) is 22.8 Å². The van der Waals surface area contributed by atoms with Gasteiger partial charge in [0, 0.05) is 19.2 Å². The van der Waals surface area contributed by atoms with E-state index in [2.05, 4.69) is 15.0 Å². The highest BCUT2D eigenvalue weighted by molar-refractivity contribution is 6.32. The summed E-state index contributed by atoms with van der Waals surface area (Å²) >= 11 is 5.71. The van der Waals surface area contributed by atoms with Crippen molar-refractivity contribution in [3.63, 3.8) is 0 Å². The van der Waals surface area contributed by atoms with Crippen LogP contribution in [-0.4, -0.2) is 36.1 Å². The Bertz CT molecular complexity index is 552. The molecule has 0 aromatic carbocycles. The van der Waals surface area contributed by atoms with Crippen molar-refractivity contribution < 1.29 is 27.5 Å². The van der Waals surface area contributed by atoms with Crippen molar-refractivity contribution in [2.24, 2.45) is 5.73 Å². The second-order valence-electron chi connectivity index (χ2n) is 4.24. The number of ether oxygens (including phenoxy) is 1. The lowest BCUT2D eigenvalue weighted by atomic mass is 10.2. The van der Waals surface area contributed by atoms with Crippen LogP contribution in [0.4, 0.5) is 13.2 Å². The van der Waals surface area contributed by atoms with Crippen LogP contribution in [0, 0.1) is 0 Å². The highest BCUT2D eigenvalue weighted by Crippen LogP contribution is 2.24. The number of nitrogens with two attached hydrogens (primary N) is 1. The fraction of sp³-hybridized carbons (Fsp3) is 0.417. The normalized spacial score (nSPS) is 11.1.